The Balaban J connectivity index is 1.88. The highest BCUT2D eigenvalue weighted by Gasteiger charge is 2.31. The third-order valence-corrected chi connectivity index (χ3v) is 3.52. The molecule has 3 rings (SSSR count). The van der Waals surface area contributed by atoms with E-state index in [0.717, 1.165) is 12.3 Å². The Morgan fingerprint density at radius 1 is 1.29 bits per heavy atom. The van der Waals surface area contributed by atoms with Crippen LogP contribution in [0.25, 0.3) is 5.65 Å². The van der Waals surface area contributed by atoms with Gasteiger partial charge in [-0.05, 0) is 19.1 Å². The molecule has 0 spiro atoms. The van der Waals surface area contributed by atoms with Crippen molar-refractivity contribution < 1.29 is 17.7 Å². The lowest BCUT2D eigenvalue weighted by Gasteiger charge is -2.06. The summed E-state index contributed by atoms with van der Waals surface area (Å²) < 4.78 is 44.4. The number of hydrogen-bond acceptors (Lipinski definition) is 6. The largest absolute Gasteiger partial charge is 0.417 e. The van der Waals surface area contributed by atoms with Crippen LogP contribution in [-0.2, 0) is 11.9 Å². The first-order chi connectivity index (χ1) is 9.93. The van der Waals surface area contributed by atoms with Crippen LogP contribution in [0.3, 0.4) is 0 Å². The second-order valence-electron chi connectivity index (χ2n) is 4.15. The number of rotatable bonds is 3. The molecule has 110 valence electrons. The molecule has 0 saturated carbocycles. The quantitative estimate of drug-likeness (QED) is 0.692. The Labute approximate surface area is 120 Å². The van der Waals surface area contributed by atoms with Crippen LogP contribution in [0, 0.1) is 6.92 Å². The molecule has 0 bridgehead atoms. The van der Waals surface area contributed by atoms with E-state index in [0.29, 0.717) is 28.3 Å². The zero-order valence-corrected chi connectivity index (χ0v) is 11.4. The maximum Gasteiger partial charge on any atom is 0.417 e. The normalized spacial score (nSPS) is 12.2. The van der Waals surface area contributed by atoms with Crippen LogP contribution in [-0.4, -0.2) is 24.7 Å². The lowest BCUT2D eigenvalue weighted by atomic mass is 10.3. The van der Waals surface area contributed by atoms with E-state index >= 15 is 0 Å². The summed E-state index contributed by atoms with van der Waals surface area (Å²) in [4.78, 5) is 4.01. The van der Waals surface area contributed by atoms with Crippen molar-refractivity contribution in [2.24, 2.45) is 0 Å². The minimum absolute atomic E-state index is 0.303. The van der Waals surface area contributed by atoms with Crippen molar-refractivity contribution in [3.63, 3.8) is 0 Å². The lowest BCUT2D eigenvalue weighted by molar-refractivity contribution is -0.137. The van der Waals surface area contributed by atoms with Crippen LogP contribution < -0.4 is 0 Å². The molecule has 6 nitrogen and oxygen atoms in total. The zero-order valence-electron chi connectivity index (χ0n) is 10.6. The number of alkyl halides is 3. The first kappa shape index (κ1) is 13.9. The fraction of sp³-hybridized carbons (Fsp3) is 0.273. The molecule has 0 unspecified atom stereocenters. The number of aryl methyl sites for hydroxylation is 1. The summed E-state index contributed by atoms with van der Waals surface area (Å²) in [5.41, 5.74) is -0.419. The third-order valence-electron chi connectivity index (χ3n) is 2.59. The first-order valence-corrected chi connectivity index (χ1v) is 6.76. The molecule has 10 heteroatoms. The van der Waals surface area contributed by atoms with Crippen molar-refractivity contribution in [3.8, 4) is 0 Å². The maximum atomic E-state index is 12.7. The molecule has 0 aliphatic rings. The number of fused-ring (bicyclic) bond motifs is 1. The van der Waals surface area contributed by atoms with Gasteiger partial charge in [0.25, 0.3) is 0 Å². The molecule has 3 aromatic heterocycles. The second kappa shape index (κ2) is 5.02. The van der Waals surface area contributed by atoms with Gasteiger partial charge < -0.3 is 4.52 Å². The van der Waals surface area contributed by atoms with E-state index in [-0.39, 0.29) is 0 Å². The lowest BCUT2D eigenvalue weighted by Crippen LogP contribution is -2.06. The van der Waals surface area contributed by atoms with Crippen molar-refractivity contribution in [3.05, 3.63) is 35.6 Å². The van der Waals surface area contributed by atoms with E-state index in [1.165, 1.54) is 22.2 Å². The molecule has 21 heavy (non-hydrogen) atoms. The van der Waals surface area contributed by atoms with Gasteiger partial charge >= 0.3 is 6.18 Å². The Morgan fingerprint density at radius 2 is 2.10 bits per heavy atom. The average Bonchev–Trinajstić information content (AvgIpc) is 3.01. The van der Waals surface area contributed by atoms with Gasteiger partial charge in [0.2, 0.25) is 5.89 Å². The molecule has 0 aliphatic carbocycles. The highest BCUT2D eigenvalue weighted by molar-refractivity contribution is 7.98. The summed E-state index contributed by atoms with van der Waals surface area (Å²) in [7, 11) is 0. The van der Waals surface area contributed by atoms with Gasteiger partial charge in [-0.3, -0.25) is 4.40 Å². The van der Waals surface area contributed by atoms with E-state index in [1.54, 1.807) is 6.92 Å². The summed E-state index contributed by atoms with van der Waals surface area (Å²) in [6.45, 7) is 1.68. The molecule has 0 radical (unpaired) electrons. The summed E-state index contributed by atoms with van der Waals surface area (Å²) in [6, 6.07) is 2.25. The van der Waals surface area contributed by atoms with E-state index in [9.17, 15) is 13.2 Å². The van der Waals surface area contributed by atoms with Gasteiger partial charge in [-0.25, -0.2) is 0 Å². The number of aromatic nitrogens is 5. The molecule has 0 N–H and O–H groups in total. The predicted octanol–water partition coefficient (Wildman–Crippen LogP) is 2.73. The smallest absolute Gasteiger partial charge is 0.338 e. The van der Waals surface area contributed by atoms with Crippen LogP contribution in [0.15, 0.2) is 28.0 Å². The van der Waals surface area contributed by atoms with E-state index in [2.05, 4.69) is 20.3 Å². The van der Waals surface area contributed by atoms with Crippen molar-refractivity contribution in [1.29, 1.82) is 0 Å². The van der Waals surface area contributed by atoms with Crippen molar-refractivity contribution in [2.45, 2.75) is 24.0 Å². The zero-order chi connectivity index (χ0) is 15.0. The van der Waals surface area contributed by atoms with Gasteiger partial charge in [0.1, 0.15) is 0 Å². The molecule has 0 amide bonds. The van der Waals surface area contributed by atoms with Gasteiger partial charge in [-0.1, -0.05) is 16.9 Å². The van der Waals surface area contributed by atoms with Gasteiger partial charge in [-0.15, -0.1) is 10.2 Å². The average molecular weight is 315 g/mol. The molecule has 3 heterocycles. The fourth-order valence-corrected chi connectivity index (χ4v) is 2.41. The highest BCUT2D eigenvalue weighted by atomic mass is 32.2. The standard InChI is InChI=1S/C11H8F3N5OS/c1-6-15-9(20-18-6)5-21-10-17-16-8-3-2-7(4-19(8)10)11(12,13)14/h2-4H,5H2,1H3. The predicted molar refractivity (Wildman–Crippen MR) is 66.6 cm³/mol. The van der Waals surface area contributed by atoms with Crippen molar-refractivity contribution in [2.75, 3.05) is 0 Å². The van der Waals surface area contributed by atoms with Gasteiger partial charge in [-0.2, -0.15) is 18.2 Å². The van der Waals surface area contributed by atoms with Crippen molar-refractivity contribution >= 4 is 17.4 Å². The van der Waals surface area contributed by atoms with E-state index < -0.39 is 11.7 Å². The van der Waals surface area contributed by atoms with E-state index in [1.807, 2.05) is 0 Å². The van der Waals surface area contributed by atoms with Crippen LogP contribution in [0.5, 0.6) is 0 Å². The Morgan fingerprint density at radius 3 is 2.76 bits per heavy atom. The SMILES string of the molecule is Cc1noc(CSc2nnc3ccc(C(F)(F)F)cn23)n1. The van der Waals surface area contributed by atoms with Crippen LogP contribution >= 0.6 is 11.8 Å². The van der Waals surface area contributed by atoms with Gasteiger partial charge in [0.15, 0.2) is 16.6 Å². The Hall–Kier alpha value is -2.10. The number of hydrogen-bond donors (Lipinski definition) is 0. The van der Waals surface area contributed by atoms with Crippen molar-refractivity contribution in [1.82, 2.24) is 24.7 Å². The number of halogens is 3. The molecule has 0 fully saturated rings. The number of nitrogens with zero attached hydrogens (tertiary/aromatic N) is 5. The maximum absolute atomic E-state index is 12.7. The molecule has 0 saturated heterocycles. The number of thioether (sulfide) groups is 1. The topological polar surface area (TPSA) is 69.1 Å². The second-order valence-corrected chi connectivity index (χ2v) is 5.09. The van der Waals surface area contributed by atoms with Crippen LogP contribution in [0.4, 0.5) is 13.2 Å². The molecular formula is C11H8F3N5OS. The third kappa shape index (κ3) is 2.84. The Kier molecular flexibility index (Phi) is 3.32. The summed E-state index contributed by atoms with van der Waals surface area (Å²) in [5.74, 6) is 1.18. The molecule has 0 aromatic carbocycles. The summed E-state index contributed by atoms with van der Waals surface area (Å²) >= 11 is 1.17. The molecule has 3 aromatic rings. The molecular weight excluding hydrogens is 307 g/mol. The number of pyridine rings is 1. The van der Waals surface area contributed by atoms with Crippen LogP contribution in [0.1, 0.15) is 17.3 Å². The summed E-state index contributed by atoms with van der Waals surface area (Å²) in [5, 5.41) is 11.6. The monoisotopic (exact) mass is 315 g/mol. The Bertz CT molecular complexity index is 782. The van der Waals surface area contributed by atoms with E-state index in [4.69, 9.17) is 4.52 Å². The van der Waals surface area contributed by atoms with Crippen LogP contribution in [0.2, 0.25) is 0 Å². The van der Waals surface area contributed by atoms with Gasteiger partial charge in [0.05, 0.1) is 11.3 Å². The minimum Gasteiger partial charge on any atom is -0.338 e. The van der Waals surface area contributed by atoms with Gasteiger partial charge in [0, 0.05) is 6.20 Å². The minimum atomic E-state index is -4.41. The molecule has 0 atom stereocenters. The fourth-order valence-electron chi connectivity index (χ4n) is 1.66. The highest BCUT2D eigenvalue weighted by Crippen LogP contribution is 2.30. The summed E-state index contributed by atoms with van der Waals surface area (Å²) in [6.07, 6.45) is -3.44. The first-order valence-electron chi connectivity index (χ1n) is 5.77. The molecule has 0 aliphatic heterocycles.